The molecule has 124 valence electrons. The van der Waals surface area contributed by atoms with Crippen molar-refractivity contribution in [2.75, 3.05) is 5.32 Å². The van der Waals surface area contributed by atoms with Crippen LogP contribution in [0.2, 0.25) is 0 Å². The van der Waals surface area contributed by atoms with E-state index in [0.717, 1.165) is 0 Å². The Balaban J connectivity index is 1.82. The van der Waals surface area contributed by atoms with Crippen LogP contribution < -0.4 is 10.6 Å². The maximum absolute atomic E-state index is 12.0. The maximum atomic E-state index is 12.0. The fourth-order valence-electron chi connectivity index (χ4n) is 2.38. The molecule has 0 bridgehead atoms. The van der Waals surface area contributed by atoms with E-state index in [9.17, 15) is 13.2 Å². The molecular formula is C17H17N3O3S. The lowest BCUT2D eigenvalue weighted by Crippen LogP contribution is -2.30. The molecule has 6 nitrogen and oxygen atoms in total. The van der Waals surface area contributed by atoms with Gasteiger partial charge in [-0.15, -0.1) is 4.40 Å². The summed E-state index contributed by atoms with van der Waals surface area (Å²) >= 11 is 0. The third-order valence-corrected chi connectivity index (χ3v) is 4.80. The Morgan fingerprint density at radius 1 is 1.04 bits per heavy atom. The summed E-state index contributed by atoms with van der Waals surface area (Å²) < 4.78 is 27.8. The van der Waals surface area contributed by atoms with Gasteiger partial charge in [0.1, 0.15) is 4.90 Å². The van der Waals surface area contributed by atoms with E-state index in [1.54, 1.807) is 42.5 Å². The molecular weight excluding hydrogens is 326 g/mol. The topological polar surface area (TPSA) is 87.6 Å². The van der Waals surface area contributed by atoms with Gasteiger partial charge in [0, 0.05) is 22.9 Å². The maximum Gasteiger partial charge on any atom is 0.285 e. The standard InChI is InChI=1S/C17H17N3O3S/c1-11(2)18-17(21)12-7-9-13(10-8-12)19-16-14-5-3-4-6-15(14)24(22,23)20-16/h3-11H,1-2H3,(H,18,21)(H,19,20). The third-order valence-electron chi connectivity index (χ3n) is 3.46. The average molecular weight is 343 g/mol. The van der Waals surface area contributed by atoms with Crippen LogP contribution in [-0.4, -0.2) is 26.2 Å². The average Bonchev–Trinajstić information content (AvgIpc) is 2.79. The van der Waals surface area contributed by atoms with Crippen LogP contribution in [0.25, 0.3) is 0 Å². The molecule has 0 fully saturated rings. The number of nitrogens with zero attached hydrogens (tertiary/aromatic N) is 1. The van der Waals surface area contributed by atoms with Gasteiger partial charge in [-0.2, -0.15) is 8.42 Å². The predicted octanol–water partition coefficient (Wildman–Crippen LogP) is 2.39. The molecule has 0 radical (unpaired) electrons. The molecule has 0 saturated carbocycles. The van der Waals surface area contributed by atoms with E-state index >= 15 is 0 Å². The van der Waals surface area contributed by atoms with Crippen molar-refractivity contribution in [2.24, 2.45) is 4.40 Å². The molecule has 3 rings (SSSR count). The van der Waals surface area contributed by atoms with Gasteiger partial charge in [-0.3, -0.25) is 4.79 Å². The molecule has 0 aliphatic carbocycles. The fraction of sp³-hybridized carbons (Fsp3) is 0.176. The highest BCUT2D eigenvalue weighted by Gasteiger charge is 2.28. The van der Waals surface area contributed by atoms with Crippen molar-refractivity contribution >= 4 is 27.5 Å². The third kappa shape index (κ3) is 3.16. The normalized spacial score (nSPS) is 14.9. The second-order valence-electron chi connectivity index (χ2n) is 5.74. The summed E-state index contributed by atoms with van der Waals surface area (Å²) in [7, 11) is -3.65. The van der Waals surface area contributed by atoms with E-state index in [2.05, 4.69) is 15.0 Å². The van der Waals surface area contributed by atoms with Crippen molar-refractivity contribution in [3.05, 3.63) is 59.7 Å². The molecule has 2 N–H and O–H groups in total. The first-order valence-corrected chi connectivity index (χ1v) is 8.93. The largest absolute Gasteiger partial charge is 0.350 e. The molecule has 1 aliphatic rings. The fourth-order valence-corrected chi connectivity index (χ4v) is 3.56. The molecule has 0 unspecified atom stereocenters. The minimum Gasteiger partial charge on any atom is -0.350 e. The van der Waals surface area contributed by atoms with E-state index in [1.165, 1.54) is 6.07 Å². The van der Waals surface area contributed by atoms with E-state index in [0.29, 0.717) is 16.8 Å². The molecule has 2 aromatic rings. The van der Waals surface area contributed by atoms with Crippen molar-refractivity contribution in [3.63, 3.8) is 0 Å². The van der Waals surface area contributed by atoms with Gasteiger partial charge in [0.15, 0.2) is 5.84 Å². The number of anilines is 1. The molecule has 0 aromatic heterocycles. The highest BCUT2D eigenvalue weighted by atomic mass is 32.2. The molecule has 1 heterocycles. The van der Waals surface area contributed by atoms with Crippen LogP contribution in [0.4, 0.5) is 5.69 Å². The number of sulfonamides is 1. The second-order valence-corrected chi connectivity index (χ2v) is 7.31. The number of nitrogens with one attached hydrogen (secondary N) is 2. The number of hydrogen-bond donors (Lipinski definition) is 2. The monoisotopic (exact) mass is 343 g/mol. The number of carbonyl (C=O) groups excluding carboxylic acids is 1. The minimum atomic E-state index is -3.65. The van der Waals surface area contributed by atoms with Gasteiger partial charge in [-0.05, 0) is 50.2 Å². The van der Waals surface area contributed by atoms with Crippen molar-refractivity contribution in [1.82, 2.24) is 5.32 Å². The van der Waals surface area contributed by atoms with E-state index in [1.807, 2.05) is 13.8 Å². The van der Waals surface area contributed by atoms with Crippen molar-refractivity contribution in [1.29, 1.82) is 0 Å². The Hall–Kier alpha value is -2.67. The number of hydrogen-bond acceptors (Lipinski definition) is 4. The molecule has 1 amide bonds. The highest BCUT2D eigenvalue weighted by molar-refractivity contribution is 7.90. The van der Waals surface area contributed by atoms with Gasteiger partial charge in [-0.25, -0.2) is 0 Å². The second kappa shape index (κ2) is 6.09. The summed E-state index contributed by atoms with van der Waals surface area (Å²) in [6, 6.07) is 13.5. The van der Waals surface area contributed by atoms with Crippen LogP contribution in [0.1, 0.15) is 29.8 Å². The Labute approximate surface area is 140 Å². The summed E-state index contributed by atoms with van der Waals surface area (Å²) in [6.07, 6.45) is 0. The first-order chi connectivity index (χ1) is 11.4. The molecule has 1 aliphatic heterocycles. The SMILES string of the molecule is CC(C)NC(=O)c1ccc(NC2=NS(=O)(=O)c3ccccc32)cc1. The van der Waals surface area contributed by atoms with E-state index in [-0.39, 0.29) is 22.7 Å². The van der Waals surface area contributed by atoms with Gasteiger partial charge in [0.2, 0.25) is 0 Å². The highest BCUT2D eigenvalue weighted by Crippen LogP contribution is 2.26. The van der Waals surface area contributed by atoms with Crippen LogP contribution in [0.15, 0.2) is 57.8 Å². The number of rotatable bonds is 3. The lowest BCUT2D eigenvalue weighted by Gasteiger charge is -2.10. The number of amidine groups is 1. The zero-order chi connectivity index (χ0) is 17.3. The van der Waals surface area contributed by atoms with Crippen molar-refractivity contribution in [3.8, 4) is 0 Å². The molecule has 0 atom stereocenters. The van der Waals surface area contributed by atoms with Gasteiger partial charge in [0.25, 0.3) is 15.9 Å². The lowest BCUT2D eigenvalue weighted by molar-refractivity contribution is 0.0943. The van der Waals surface area contributed by atoms with Crippen LogP contribution in [0, 0.1) is 0 Å². The van der Waals surface area contributed by atoms with Gasteiger partial charge in [0.05, 0.1) is 0 Å². The lowest BCUT2D eigenvalue weighted by atomic mass is 10.1. The molecule has 24 heavy (non-hydrogen) atoms. The molecule has 0 saturated heterocycles. The quantitative estimate of drug-likeness (QED) is 0.896. The summed E-state index contributed by atoms with van der Waals surface area (Å²) in [6.45, 7) is 3.79. The first kappa shape index (κ1) is 16.2. The molecule has 0 spiro atoms. The van der Waals surface area contributed by atoms with Crippen molar-refractivity contribution in [2.45, 2.75) is 24.8 Å². The van der Waals surface area contributed by atoms with Crippen molar-refractivity contribution < 1.29 is 13.2 Å². The van der Waals surface area contributed by atoms with Crippen LogP contribution in [-0.2, 0) is 10.0 Å². The molecule has 2 aromatic carbocycles. The first-order valence-electron chi connectivity index (χ1n) is 7.49. The smallest absolute Gasteiger partial charge is 0.285 e. The summed E-state index contributed by atoms with van der Waals surface area (Å²) in [5.74, 6) is 0.132. The Morgan fingerprint density at radius 2 is 1.71 bits per heavy atom. The minimum absolute atomic E-state index is 0.0601. The summed E-state index contributed by atoms with van der Waals surface area (Å²) in [5.41, 5.74) is 1.73. The van der Waals surface area contributed by atoms with Gasteiger partial charge < -0.3 is 10.6 Å². The van der Waals surface area contributed by atoms with Crippen LogP contribution in [0.5, 0.6) is 0 Å². The van der Waals surface area contributed by atoms with Crippen LogP contribution in [0.3, 0.4) is 0 Å². The zero-order valence-electron chi connectivity index (χ0n) is 13.3. The number of carbonyl (C=O) groups is 1. The van der Waals surface area contributed by atoms with E-state index in [4.69, 9.17) is 0 Å². The number of benzene rings is 2. The van der Waals surface area contributed by atoms with E-state index < -0.39 is 10.0 Å². The predicted molar refractivity (Wildman–Crippen MR) is 92.8 cm³/mol. The summed E-state index contributed by atoms with van der Waals surface area (Å²) in [4.78, 5) is 12.1. The summed E-state index contributed by atoms with van der Waals surface area (Å²) in [5, 5.41) is 5.81. The number of amides is 1. The zero-order valence-corrected chi connectivity index (χ0v) is 14.1. The Kier molecular flexibility index (Phi) is 4.11. The Morgan fingerprint density at radius 3 is 2.38 bits per heavy atom. The van der Waals surface area contributed by atoms with Gasteiger partial charge in [-0.1, -0.05) is 12.1 Å². The number of fused-ring (bicyclic) bond motifs is 1. The Bertz CT molecular complexity index is 916. The van der Waals surface area contributed by atoms with Gasteiger partial charge >= 0.3 is 0 Å². The molecule has 7 heteroatoms. The van der Waals surface area contributed by atoms with Crippen LogP contribution >= 0.6 is 0 Å².